The summed E-state index contributed by atoms with van der Waals surface area (Å²) in [5.74, 6) is -0.309. The first-order chi connectivity index (χ1) is 9.87. The molecule has 1 saturated heterocycles. The summed E-state index contributed by atoms with van der Waals surface area (Å²) < 4.78 is 22.8. The van der Waals surface area contributed by atoms with Crippen molar-refractivity contribution in [1.29, 1.82) is 0 Å². The lowest BCUT2D eigenvalue weighted by molar-refractivity contribution is -0.124. The van der Waals surface area contributed by atoms with Crippen LogP contribution in [0.4, 0.5) is 0 Å². The molecule has 1 atom stereocenters. The molecule has 0 aliphatic carbocycles. The van der Waals surface area contributed by atoms with Gasteiger partial charge in [-0.1, -0.05) is 19.9 Å². The van der Waals surface area contributed by atoms with E-state index >= 15 is 0 Å². The molecular weight excluding hydrogens is 308 g/mol. The zero-order valence-electron chi connectivity index (χ0n) is 12.2. The summed E-state index contributed by atoms with van der Waals surface area (Å²) in [5.41, 5.74) is 3.39. The molecule has 1 unspecified atom stereocenters. The number of hydrogen-bond donors (Lipinski definition) is 1. The number of hydrazone groups is 1. The van der Waals surface area contributed by atoms with Crippen molar-refractivity contribution >= 4 is 32.8 Å². The molecular formula is C14H20N2O3S2. The molecule has 7 heteroatoms. The average molecular weight is 328 g/mol. The van der Waals surface area contributed by atoms with E-state index in [1.807, 2.05) is 17.5 Å². The molecule has 1 amide bonds. The Labute approximate surface area is 129 Å². The largest absolute Gasteiger partial charge is 0.273 e. The molecule has 1 aliphatic rings. The van der Waals surface area contributed by atoms with E-state index in [-0.39, 0.29) is 17.4 Å². The number of sulfone groups is 1. The zero-order chi connectivity index (χ0) is 15.5. The Morgan fingerprint density at radius 2 is 2.29 bits per heavy atom. The molecule has 0 radical (unpaired) electrons. The molecule has 0 saturated carbocycles. The maximum Gasteiger partial charge on any atom is 0.244 e. The van der Waals surface area contributed by atoms with Gasteiger partial charge in [-0.05, 0) is 30.2 Å². The predicted octanol–water partition coefficient (Wildman–Crippen LogP) is 2.05. The van der Waals surface area contributed by atoms with Gasteiger partial charge in [-0.3, -0.25) is 4.79 Å². The van der Waals surface area contributed by atoms with Crippen LogP contribution in [0.2, 0.25) is 0 Å². The first kappa shape index (κ1) is 16.2. The highest BCUT2D eigenvalue weighted by atomic mass is 32.2. The van der Waals surface area contributed by atoms with E-state index in [2.05, 4.69) is 24.4 Å². The second-order valence-corrected chi connectivity index (χ2v) is 8.89. The summed E-state index contributed by atoms with van der Waals surface area (Å²) in [5, 5.41) is 6.20. The number of nitrogens with one attached hydrogen (secondary N) is 1. The Morgan fingerprint density at radius 1 is 1.52 bits per heavy atom. The van der Waals surface area contributed by atoms with Crippen molar-refractivity contribution in [2.24, 2.45) is 16.9 Å². The Morgan fingerprint density at radius 3 is 2.81 bits per heavy atom. The predicted molar refractivity (Wildman–Crippen MR) is 85.2 cm³/mol. The number of thiophene rings is 1. The van der Waals surface area contributed by atoms with E-state index < -0.39 is 15.8 Å². The molecule has 0 bridgehead atoms. The van der Waals surface area contributed by atoms with Crippen molar-refractivity contribution in [3.63, 3.8) is 0 Å². The number of carbonyl (C=O) groups is 1. The van der Waals surface area contributed by atoms with E-state index in [9.17, 15) is 13.2 Å². The van der Waals surface area contributed by atoms with Crippen LogP contribution in [0.5, 0.6) is 0 Å². The molecule has 116 valence electrons. The quantitative estimate of drug-likeness (QED) is 0.664. The van der Waals surface area contributed by atoms with Gasteiger partial charge < -0.3 is 0 Å². The highest BCUT2D eigenvalue weighted by molar-refractivity contribution is 7.91. The van der Waals surface area contributed by atoms with Gasteiger partial charge in [-0.2, -0.15) is 5.10 Å². The fourth-order valence-electron chi connectivity index (χ4n) is 2.25. The van der Waals surface area contributed by atoms with Crippen LogP contribution in [0.3, 0.4) is 0 Å². The SMILES string of the molecule is CC(C)C/C(=N/NC(=O)C1CCS(=O)(=O)C1)c1cccs1. The first-order valence-corrected chi connectivity index (χ1v) is 9.68. The van der Waals surface area contributed by atoms with Gasteiger partial charge in [0.2, 0.25) is 5.91 Å². The van der Waals surface area contributed by atoms with Crippen LogP contribution in [0.15, 0.2) is 22.6 Å². The van der Waals surface area contributed by atoms with E-state index in [1.165, 1.54) is 0 Å². The maximum absolute atomic E-state index is 12.0. The summed E-state index contributed by atoms with van der Waals surface area (Å²) >= 11 is 1.58. The third kappa shape index (κ3) is 4.64. The molecule has 0 spiro atoms. The van der Waals surface area contributed by atoms with Crippen molar-refractivity contribution in [1.82, 2.24) is 5.43 Å². The molecule has 21 heavy (non-hydrogen) atoms. The zero-order valence-corrected chi connectivity index (χ0v) is 13.8. The van der Waals surface area contributed by atoms with Gasteiger partial charge in [-0.25, -0.2) is 13.8 Å². The normalized spacial score (nSPS) is 21.7. The highest BCUT2D eigenvalue weighted by Crippen LogP contribution is 2.19. The van der Waals surface area contributed by atoms with Crippen LogP contribution in [-0.2, 0) is 14.6 Å². The smallest absolute Gasteiger partial charge is 0.244 e. The van der Waals surface area contributed by atoms with Gasteiger partial charge in [0.15, 0.2) is 9.84 Å². The van der Waals surface area contributed by atoms with Gasteiger partial charge >= 0.3 is 0 Å². The molecule has 5 nitrogen and oxygen atoms in total. The van der Waals surface area contributed by atoms with Crippen molar-refractivity contribution in [2.45, 2.75) is 26.7 Å². The van der Waals surface area contributed by atoms with Gasteiger partial charge in [0.25, 0.3) is 0 Å². The Balaban J connectivity index is 2.04. The third-order valence-corrected chi connectivity index (χ3v) is 6.00. The lowest BCUT2D eigenvalue weighted by Crippen LogP contribution is -2.28. The Kier molecular flexibility index (Phi) is 5.16. The molecule has 1 aromatic heterocycles. The van der Waals surface area contributed by atoms with Crippen LogP contribution in [-0.4, -0.2) is 31.5 Å². The third-order valence-electron chi connectivity index (χ3n) is 3.31. The minimum Gasteiger partial charge on any atom is -0.273 e. The summed E-state index contributed by atoms with van der Waals surface area (Å²) in [7, 11) is -3.05. The molecule has 1 aliphatic heterocycles. The summed E-state index contributed by atoms with van der Waals surface area (Å²) in [6.07, 6.45) is 1.16. The fraction of sp³-hybridized carbons (Fsp3) is 0.571. The van der Waals surface area contributed by atoms with Crippen molar-refractivity contribution < 1.29 is 13.2 Å². The van der Waals surface area contributed by atoms with Crippen LogP contribution < -0.4 is 5.43 Å². The lowest BCUT2D eigenvalue weighted by Gasteiger charge is -2.10. The van der Waals surface area contributed by atoms with Gasteiger partial charge in [0.05, 0.1) is 28.0 Å². The standard InChI is InChI=1S/C14H20N2O3S2/c1-10(2)8-12(13-4-3-6-20-13)15-16-14(17)11-5-7-21(18,19)9-11/h3-4,6,10-11H,5,7-9H2,1-2H3,(H,16,17)/b15-12-. The first-order valence-electron chi connectivity index (χ1n) is 6.98. The summed E-state index contributed by atoms with van der Waals surface area (Å²) in [4.78, 5) is 13.0. The molecule has 1 fully saturated rings. The Hall–Kier alpha value is -1.21. The molecule has 1 aromatic rings. The van der Waals surface area contributed by atoms with Crippen molar-refractivity contribution in [2.75, 3.05) is 11.5 Å². The highest BCUT2D eigenvalue weighted by Gasteiger charge is 2.32. The van der Waals surface area contributed by atoms with E-state index in [0.717, 1.165) is 17.0 Å². The topological polar surface area (TPSA) is 75.6 Å². The summed E-state index contributed by atoms with van der Waals surface area (Å²) in [6, 6.07) is 3.92. The van der Waals surface area contributed by atoms with Crippen LogP contribution in [0.25, 0.3) is 0 Å². The molecule has 1 N–H and O–H groups in total. The number of hydrogen-bond acceptors (Lipinski definition) is 5. The molecule has 2 rings (SSSR count). The fourth-order valence-corrected chi connectivity index (χ4v) is 4.71. The molecule has 2 heterocycles. The van der Waals surface area contributed by atoms with E-state index in [4.69, 9.17) is 0 Å². The van der Waals surface area contributed by atoms with E-state index in [0.29, 0.717) is 12.3 Å². The van der Waals surface area contributed by atoms with Crippen molar-refractivity contribution in [3.05, 3.63) is 22.4 Å². The maximum atomic E-state index is 12.0. The van der Waals surface area contributed by atoms with Gasteiger partial charge in [-0.15, -0.1) is 11.3 Å². The minimum atomic E-state index is -3.05. The molecule has 0 aromatic carbocycles. The number of rotatable bonds is 5. The van der Waals surface area contributed by atoms with Crippen LogP contribution >= 0.6 is 11.3 Å². The minimum absolute atomic E-state index is 0.0626. The van der Waals surface area contributed by atoms with Crippen molar-refractivity contribution in [3.8, 4) is 0 Å². The van der Waals surface area contributed by atoms with E-state index in [1.54, 1.807) is 11.3 Å². The second-order valence-electron chi connectivity index (χ2n) is 5.71. The van der Waals surface area contributed by atoms with Crippen LogP contribution in [0.1, 0.15) is 31.6 Å². The summed E-state index contributed by atoms with van der Waals surface area (Å²) in [6.45, 7) is 4.18. The number of nitrogens with zero attached hydrogens (tertiary/aromatic N) is 1. The Bertz CT molecular complexity index is 619. The number of amides is 1. The van der Waals surface area contributed by atoms with Gasteiger partial charge in [0, 0.05) is 0 Å². The lowest BCUT2D eigenvalue weighted by atomic mass is 10.1. The van der Waals surface area contributed by atoms with Crippen LogP contribution in [0, 0.1) is 11.8 Å². The monoisotopic (exact) mass is 328 g/mol. The second kappa shape index (κ2) is 6.70. The number of carbonyl (C=O) groups excluding carboxylic acids is 1. The average Bonchev–Trinajstić information content (AvgIpc) is 3.02. The van der Waals surface area contributed by atoms with Gasteiger partial charge in [0.1, 0.15) is 0 Å².